The highest BCUT2D eigenvalue weighted by atomic mass is 15.2. The van der Waals surface area contributed by atoms with Crippen LogP contribution in [0.2, 0.25) is 0 Å². The number of nitrogens with one attached hydrogen (secondary N) is 1. The zero-order valence-electron chi connectivity index (χ0n) is 9.68. The second-order valence-electron chi connectivity index (χ2n) is 4.88. The van der Waals surface area contributed by atoms with Gasteiger partial charge in [-0.15, -0.1) is 0 Å². The van der Waals surface area contributed by atoms with Crippen molar-refractivity contribution in [2.45, 2.75) is 45.6 Å². The van der Waals surface area contributed by atoms with Crippen LogP contribution in [0.15, 0.2) is 0 Å². The molecule has 2 aliphatic heterocycles. The molecular weight excluding hydrogens is 172 g/mol. The fraction of sp³-hybridized carbons (Fsp3) is 1.00. The minimum absolute atomic E-state index is 0.697. The minimum Gasteiger partial charge on any atom is -0.316 e. The molecule has 1 aliphatic carbocycles. The van der Waals surface area contributed by atoms with Gasteiger partial charge < -0.3 is 5.32 Å². The van der Waals surface area contributed by atoms with Crippen molar-refractivity contribution in [3.05, 3.63) is 0 Å². The summed E-state index contributed by atoms with van der Waals surface area (Å²) in [4.78, 5) is 2.73. The van der Waals surface area contributed by atoms with Crippen molar-refractivity contribution in [3.8, 4) is 0 Å². The van der Waals surface area contributed by atoms with Gasteiger partial charge >= 0.3 is 0 Å². The molecule has 0 bridgehead atoms. The molecular formula is C12H24N2. The van der Waals surface area contributed by atoms with Crippen molar-refractivity contribution >= 4 is 0 Å². The Hall–Kier alpha value is -0.0800. The average molecular weight is 196 g/mol. The smallest absolute Gasteiger partial charge is 0.00966 e. The van der Waals surface area contributed by atoms with Crippen molar-refractivity contribution in [2.24, 2.45) is 5.41 Å². The Labute approximate surface area is 88.1 Å². The summed E-state index contributed by atoms with van der Waals surface area (Å²) >= 11 is 0. The molecule has 3 fully saturated rings. The van der Waals surface area contributed by atoms with Crippen LogP contribution in [0.5, 0.6) is 0 Å². The van der Waals surface area contributed by atoms with Crippen LogP contribution in [0.25, 0.3) is 0 Å². The standard InChI is InChI=1S/C10H18N2.C2H6/c1-2-9(1)12-6-4-10(8-12)3-5-11-7-10;1-2/h9,11H,1-8H2;1-2H3. The summed E-state index contributed by atoms with van der Waals surface area (Å²) in [7, 11) is 0. The number of hydrogen-bond donors (Lipinski definition) is 1. The second-order valence-corrected chi connectivity index (χ2v) is 4.88. The molecule has 2 nitrogen and oxygen atoms in total. The van der Waals surface area contributed by atoms with E-state index in [9.17, 15) is 0 Å². The van der Waals surface area contributed by atoms with Crippen LogP contribution in [0, 0.1) is 5.41 Å². The molecule has 2 saturated heterocycles. The van der Waals surface area contributed by atoms with Gasteiger partial charge in [0.25, 0.3) is 0 Å². The molecule has 1 atom stereocenters. The van der Waals surface area contributed by atoms with E-state index >= 15 is 0 Å². The van der Waals surface area contributed by atoms with Gasteiger partial charge in [0, 0.05) is 19.1 Å². The molecule has 1 N–H and O–H groups in total. The number of rotatable bonds is 1. The summed E-state index contributed by atoms with van der Waals surface area (Å²) in [6.07, 6.45) is 5.83. The van der Waals surface area contributed by atoms with Crippen molar-refractivity contribution < 1.29 is 0 Å². The Kier molecular flexibility index (Phi) is 3.13. The molecule has 3 rings (SSSR count). The molecule has 82 valence electrons. The maximum absolute atomic E-state index is 3.51. The van der Waals surface area contributed by atoms with E-state index in [1.54, 1.807) is 0 Å². The summed E-state index contributed by atoms with van der Waals surface area (Å²) in [5.74, 6) is 0. The van der Waals surface area contributed by atoms with Crippen molar-refractivity contribution in [1.29, 1.82) is 0 Å². The lowest BCUT2D eigenvalue weighted by Gasteiger charge is -2.22. The molecule has 3 aliphatic rings. The van der Waals surface area contributed by atoms with Gasteiger partial charge in [-0.3, -0.25) is 4.90 Å². The monoisotopic (exact) mass is 196 g/mol. The van der Waals surface area contributed by atoms with Gasteiger partial charge in [-0.25, -0.2) is 0 Å². The van der Waals surface area contributed by atoms with E-state index in [2.05, 4.69) is 10.2 Å². The van der Waals surface area contributed by atoms with E-state index in [4.69, 9.17) is 0 Å². The fourth-order valence-electron chi connectivity index (χ4n) is 2.86. The van der Waals surface area contributed by atoms with Crippen LogP contribution in [-0.4, -0.2) is 37.1 Å². The Balaban J connectivity index is 0.000000354. The summed E-state index contributed by atoms with van der Waals surface area (Å²) in [5, 5.41) is 3.51. The van der Waals surface area contributed by atoms with Crippen LogP contribution < -0.4 is 5.32 Å². The van der Waals surface area contributed by atoms with Gasteiger partial charge in [-0.2, -0.15) is 0 Å². The lowest BCUT2D eigenvalue weighted by molar-refractivity contribution is 0.267. The molecule has 14 heavy (non-hydrogen) atoms. The first-order valence-corrected chi connectivity index (χ1v) is 6.33. The maximum atomic E-state index is 3.51. The molecule has 2 heterocycles. The summed E-state index contributed by atoms with van der Waals surface area (Å²) in [6.45, 7) is 9.33. The first-order chi connectivity index (χ1) is 6.88. The molecule has 0 radical (unpaired) electrons. The van der Waals surface area contributed by atoms with Gasteiger partial charge in [-0.05, 0) is 44.2 Å². The van der Waals surface area contributed by atoms with Crippen molar-refractivity contribution in [1.82, 2.24) is 10.2 Å². The molecule has 0 aromatic rings. The zero-order valence-corrected chi connectivity index (χ0v) is 9.68. The highest BCUT2D eigenvalue weighted by Gasteiger charge is 2.44. The van der Waals surface area contributed by atoms with Crippen molar-refractivity contribution in [2.75, 3.05) is 26.2 Å². The van der Waals surface area contributed by atoms with Crippen LogP contribution in [0.3, 0.4) is 0 Å². The predicted octanol–water partition coefficient (Wildman–Crippen LogP) is 1.86. The van der Waals surface area contributed by atoms with E-state index in [1.807, 2.05) is 13.8 Å². The molecule has 1 saturated carbocycles. The highest BCUT2D eigenvalue weighted by molar-refractivity contribution is 4.99. The quantitative estimate of drug-likeness (QED) is 0.688. The zero-order chi connectivity index (χ0) is 10.0. The molecule has 0 aromatic carbocycles. The molecule has 1 unspecified atom stereocenters. The minimum atomic E-state index is 0.697. The SMILES string of the molecule is C1CC2(CCN(C3CC3)C2)CN1.CC. The topological polar surface area (TPSA) is 15.3 Å². The van der Waals surface area contributed by atoms with Gasteiger partial charge in [0.2, 0.25) is 0 Å². The lowest BCUT2D eigenvalue weighted by Crippen LogP contribution is -2.30. The van der Waals surface area contributed by atoms with Crippen LogP contribution in [0.1, 0.15) is 39.5 Å². The van der Waals surface area contributed by atoms with Gasteiger partial charge in [0.15, 0.2) is 0 Å². The van der Waals surface area contributed by atoms with Crippen molar-refractivity contribution in [3.63, 3.8) is 0 Å². The number of hydrogen-bond acceptors (Lipinski definition) is 2. The number of likely N-dealkylation sites (tertiary alicyclic amines) is 1. The lowest BCUT2D eigenvalue weighted by atomic mass is 9.87. The van der Waals surface area contributed by atoms with Gasteiger partial charge in [0.1, 0.15) is 0 Å². The third-order valence-electron chi connectivity index (χ3n) is 3.86. The van der Waals surface area contributed by atoms with E-state index in [0.29, 0.717) is 5.41 Å². The third kappa shape index (κ3) is 1.96. The Morgan fingerprint density at radius 2 is 2.00 bits per heavy atom. The van der Waals surface area contributed by atoms with E-state index in [-0.39, 0.29) is 0 Å². The van der Waals surface area contributed by atoms with E-state index in [1.165, 1.54) is 51.9 Å². The fourth-order valence-corrected chi connectivity index (χ4v) is 2.86. The summed E-state index contributed by atoms with van der Waals surface area (Å²) in [5.41, 5.74) is 0.697. The largest absolute Gasteiger partial charge is 0.316 e. The van der Waals surface area contributed by atoms with Crippen LogP contribution in [0.4, 0.5) is 0 Å². The number of nitrogens with zero attached hydrogens (tertiary/aromatic N) is 1. The Morgan fingerprint density at radius 3 is 2.57 bits per heavy atom. The Bertz CT molecular complexity index is 181. The average Bonchev–Trinajstić information content (AvgIpc) is 2.87. The maximum Gasteiger partial charge on any atom is 0.00966 e. The normalized spacial score (nSPS) is 37.3. The second kappa shape index (κ2) is 4.19. The van der Waals surface area contributed by atoms with E-state index in [0.717, 1.165) is 6.04 Å². The predicted molar refractivity (Wildman–Crippen MR) is 60.5 cm³/mol. The van der Waals surface area contributed by atoms with Gasteiger partial charge in [-0.1, -0.05) is 13.8 Å². The summed E-state index contributed by atoms with van der Waals surface area (Å²) in [6, 6.07) is 0.991. The van der Waals surface area contributed by atoms with Crippen LogP contribution in [-0.2, 0) is 0 Å². The summed E-state index contributed by atoms with van der Waals surface area (Å²) < 4.78 is 0. The van der Waals surface area contributed by atoms with Gasteiger partial charge in [0.05, 0.1) is 0 Å². The molecule has 0 amide bonds. The first kappa shape index (κ1) is 10.4. The van der Waals surface area contributed by atoms with E-state index < -0.39 is 0 Å². The third-order valence-corrected chi connectivity index (χ3v) is 3.86. The molecule has 1 spiro atoms. The Morgan fingerprint density at radius 1 is 1.21 bits per heavy atom. The highest BCUT2D eigenvalue weighted by Crippen LogP contribution is 2.40. The first-order valence-electron chi connectivity index (χ1n) is 6.33. The van der Waals surface area contributed by atoms with Crippen LogP contribution >= 0.6 is 0 Å². The molecule has 0 aromatic heterocycles. The molecule has 2 heteroatoms.